The molecule has 0 aliphatic carbocycles. The van der Waals surface area contributed by atoms with E-state index in [1.165, 1.54) is 0 Å². The molecule has 0 spiro atoms. The summed E-state index contributed by atoms with van der Waals surface area (Å²) in [7, 11) is 1.80. The van der Waals surface area contributed by atoms with E-state index < -0.39 is 0 Å². The van der Waals surface area contributed by atoms with Gasteiger partial charge in [-0.05, 0) is 25.0 Å². The molecule has 0 aliphatic rings. The van der Waals surface area contributed by atoms with Crippen LogP contribution in [0.5, 0.6) is 0 Å². The molecule has 14 heavy (non-hydrogen) atoms. The summed E-state index contributed by atoms with van der Waals surface area (Å²) >= 11 is 0. The number of anilines is 1. The molecule has 1 rings (SSSR count). The summed E-state index contributed by atoms with van der Waals surface area (Å²) in [6.07, 6.45) is 0. The molecular weight excluding hydrogens is 198 g/mol. The van der Waals surface area contributed by atoms with Crippen LogP contribution in [-0.4, -0.2) is 13.0 Å². The molecule has 0 atom stereocenters. The molecule has 3 nitrogen and oxygen atoms in total. The van der Waals surface area contributed by atoms with Crippen molar-refractivity contribution in [3.05, 3.63) is 29.3 Å². The summed E-state index contributed by atoms with van der Waals surface area (Å²) in [5.74, 6) is 0.0670. The van der Waals surface area contributed by atoms with Gasteiger partial charge in [0, 0.05) is 12.7 Å². The van der Waals surface area contributed by atoms with E-state index in [-0.39, 0.29) is 18.4 Å². The first-order valence-corrected chi connectivity index (χ1v) is 4.18. The number of aryl methyl sites for hydroxylation is 2. The highest BCUT2D eigenvalue weighted by Crippen LogP contribution is 2.22. The Kier molecular flexibility index (Phi) is 4.44. The summed E-state index contributed by atoms with van der Waals surface area (Å²) in [4.78, 5) is 1.69. The van der Waals surface area contributed by atoms with E-state index in [1.54, 1.807) is 11.9 Å². The Hall–Kier alpha value is -1.22. The lowest BCUT2D eigenvalue weighted by molar-refractivity contribution is -0.00000322. The van der Waals surface area contributed by atoms with Gasteiger partial charge in [0.15, 0.2) is 5.96 Å². The van der Waals surface area contributed by atoms with E-state index in [0.717, 1.165) is 16.8 Å². The highest BCUT2D eigenvalue weighted by atomic mass is 35.5. The first-order valence-electron chi connectivity index (χ1n) is 4.18. The standard InChI is InChI=1S/C10H15N3.ClH/c1-7-5-4-6-8(2)9(7)13(3)10(11)12;/h4-6H,1-3H3,(H3,11,12);1H/p-1. The Labute approximate surface area is 90.8 Å². The van der Waals surface area contributed by atoms with E-state index in [1.807, 2.05) is 32.0 Å². The zero-order valence-electron chi connectivity index (χ0n) is 8.63. The van der Waals surface area contributed by atoms with Crippen LogP contribution < -0.4 is 23.0 Å². The lowest BCUT2D eigenvalue weighted by atomic mass is 10.1. The minimum absolute atomic E-state index is 0. The molecule has 0 radical (unpaired) electrons. The highest BCUT2D eigenvalue weighted by molar-refractivity contribution is 5.93. The zero-order chi connectivity index (χ0) is 10.0. The molecule has 1 aromatic rings. The SMILES string of the molecule is Cc1cccc(C)c1N(C)C(=N)N.[Cl-]. The molecule has 0 saturated carbocycles. The molecule has 0 heterocycles. The number of nitrogens with zero attached hydrogens (tertiary/aromatic N) is 1. The number of guanidine groups is 1. The number of hydrogen-bond donors (Lipinski definition) is 2. The van der Waals surface area contributed by atoms with Gasteiger partial charge in [-0.3, -0.25) is 5.41 Å². The normalized spacial score (nSPS) is 9.07. The predicted molar refractivity (Wildman–Crippen MR) is 56.2 cm³/mol. The molecule has 0 aliphatic heterocycles. The first kappa shape index (κ1) is 12.8. The van der Waals surface area contributed by atoms with Gasteiger partial charge >= 0.3 is 0 Å². The Balaban J connectivity index is 0.00000169. The van der Waals surface area contributed by atoms with E-state index in [9.17, 15) is 0 Å². The van der Waals surface area contributed by atoms with Crippen molar-refractivity contribution in [1.29, 1.82) is 5.41 Å². The molecule has 0 fully saturated rings. The summed E-state index contributed by atoms with van der Waals surface area (Å²) in [6, 6.07) is 6.03. The number of halogens is 1. The lowest BCUT2D eigenvalue weighted by Gasteiger charge is -2.21. The van der Waals surface area contributed by atoms with Crippen molar-refractivity contribution in [3.63, 3.8) is 0 Å². The number of nitrogens with two attached hydrogens (primary N) is 1. The number of nitrogens with one attached hydrogen (secondary N) is 1. The molecule has 4 heteroatoms. The van der Waals surface area contributed by atoms with Crippen LogP contribution >= 0.6 is 0 Å². The zero-order valence-corrected chi connectivity index (χ0v) is 9.39. The maximum absolute atomic E-state index is 7.33. The van der Waals surface area contributed by atoms with Crippen molar-refractivity contribution in [1.82, 2.24) is 0 Å². The minimum Gasteiger partial charge on any atom is -1.00 e. The second kappa shape index (κ2) is 4.86. The van der Waals surface area contributed by atoms with Gasteiger partial charge in [-0.15, -0.1) is 0 Å². The Bertz CT molecular complexity index is 316. The number of benzene rings is 1. The quantitative estimate of drug-likeness (QED) is 0.446. The van der Waals surface area contributed by atoms with Crippen molar-refractivity contribution < 1.29 is 12.4 Å². The summed E-state index contributed by atoms with van der Waals surface area (Å²) < 4.78 is 0. The van der Waals surface area contributed by atoms with Crippen molar-refractivity contribution in [2.75, 3.05) is 11.9 Å². The molecule has 1 aromatic carbocycles. The fourth-order valence-corrected chi connectivity index (χ4v) is 1.46. The molecular formula is C10H15ClN3-. The first-order chi connectivity index (χ1) is 6.04. The molecule has 0 bridgehead atoms. The second-order valence-electron chi connectivity index (χ2n) is 3.18. The maximum atomic E-state index is 7.33. The van der Waals surface area contributed by atoms with Crippen LogP contribution in [0.3, 0.4) is 0 Å². The van der Waals surface area contributed by atoms with Gasteiger partial charge in [0.25, 0.3) is 0 Å². The maximum Gasteiger partial charge on any atom is 0.192 e. The average Bonchev–Trinajstić information content (AvgIpc) is 2.03. The third-order valence-electron chi connectivity index (χ3n) is 2.14. The van der Waals surface area contributed by atoms with Gasteiger partial charge in [0.05, 0.1) is 0 Å². The van der Waals surface area contributed by atoms with Gasteiger partial charge in [-0.2, -0.15) is 0 Å². The highest BCUT2D eigenvalue weighted by Gasteiger charge is 2.08. The van der Waals surface area contributed by atoms with Crippen molar-refractivity contribution in [2.24, 2.45) is 5.73 Å². The topological polar surface area (TPSA) is 53.1 Å². The smallest absolute Gasteiger partial charge is 0.192 e. The fourth-order valence-electron chi connectivity index (χ4n) is 1.46. The summed E-state index contributed by atoms with van der Waals surface area (Å²) in [6.45, 7) is 4.03. The number of rotatable bonds is 1. The Morgan fingerprint density at radius 3 is 2.07 bits per heavy atom. The molecule has 78 valence electrons. The van der Waals surface area contributed by atoms with Gasteiger partial charge in [-0.1, -0.05) is 18.2 Å². The molecule has 0 saturated heterocycles. The van der Waals surface area contributed by atoms with Crippen LogP contribution in [0.25, 0.3) is 0 Å². The van der Waals surface area contributed by atoms with Gasteiger partial charge in [0.1, 0.15) is 0 Å². The Morgan fingerprint density at radius 1 is 1.29 bits per heavy atom. The third kappa shape index (κ3) is 2.39. The van der Waals surface area contributed by atoms with E-state index >= 15 is 0 Å². The second-order valence-corrected chi connectivity index (χ2v) is 3.18. The monoisotopic (exact) mass is 212 g/mol. The average molecular weight is 213 g/mol. The number of para-hydroxylation sites is 1. The van der Waals surface area contributed by atoms with Crippen molar-refractivity contribution >= 4 is 11.6 Å². The largest absolute Gasteiger partial charge is 1.00 e. The predicted octanol–water partition coefficient (Wildman–Crippen LogP) is -1.36. The minimum atomic E-state index is 0. The van der Waals surface area contributed by atoms with Crippen LogP contribution in [0, 0.1) is 19.3 Å². The molecule has 3 N–H and O–H groups in total. The van der Waals surface area contributed by atoms with E-state index in [2.05, 4.69) is 0 Å². The van der Waals surface area contributed by atoms with Gasteiger partial charge in [-0.25, -0.2) is 0 Å². The number of hydrogen-bond acceptors (Lipinski definition) is 1. The lowest BCUT2D eigenvalue weighted by Crippen LogP contribution is -3.00. The van der Waals surface area contributed by atoms with Crippen LogP contribution in [0.2, 0.25) is 0 Å². The summed E-state index contributed by atoms with van der Waals surface area (Å²) in [5, 5.41) is 7.33. The van der Waals surface area contributed by atoms with Crippen molar-refractivity contribution in [2.45, 2.75) is 13.8 Å². The van der Waals surface area contributed by atoms with Crippen LogP contribution in [-0.2, 0) is 0 Å². The summed E-state index contributed by atoms with van der Waals surface area (Å²) in [5.41, 5.74) is 8.71. The van der Waals surface area contributed by atoms with Crippen LogP contribution in [0.1, 0.15) is 11.1 Å². The van der Waals surface area contributed by atoms with Crippen LogP contribution in [0.4, 0.5) is 5.69 Å². The van der Waals surface area contributed by atoms with Gasteiger partial charge in [0.2, 0.25) is 0 Å². The molecule has 0 amide bonds. The third-order valence-corrected chi connectivity index (χ3v) is 2.14. The van der Waals surface area contributed by atoms with Crippen LogP contribution in [0.15, 0.2) is 18.2 Å². The van der Waals surface area contributed by atoms with Gasteiger partial charge < -0.3 is 23.0 Å². The van der Waals surface area contributed by atoms with E-state index in [4.69, 9.17) is 11.1 Å². The Morgan fingerprint density at radius 2 is 1.71 bits per heavy atom. The fraction of sp³-hybridized carbons (Fsp3) is 0.300. The van der Waals surface area contributed by atoms with Crippen molar-refractivity contribution in [3.8, 4) is 0 Å². The van der Waals surface area contributed by atoms with E-state index in [0.29, 0.717) is 0 Å². The molecule has 0 unspecified atom stereocenters. The molecule has 0 aromatic heterocycles.